The van der Waals surface area contributed by atoms with E-state index in [4.69, 9.17) is 8.94 Å². The van der Waals surface area contributed by atoms with Crippen molar-refractivity contribution in [3.63, 3.8) is 0 Å². The molecule has 4 aromatic rings. The van der Waals surface area contributed by atoms with E-state index in [1.165, 1.54) is 12.5 Å². The van der Waals surface area contributed by atoms with Crippen molar-refractivity contribution in [1.29, 1.82) is 0 Å². The van der Waals surface area contributed by atoms with Gasteiger partial charge in [-0.3, -0.25) is 9.48 Å². The minimum atomic E-state index is -0.417. The van der Waals surface area contributed by atoms with Crippen molar-refractivity contribution in [2.24, 2.45) is 7.05 Å². The van der Waals surface area contributed by atoms with Crippen LogP contribution in [0.5, 0.6) is 0 Å². The summed E-state index contributed by atoms with van der Waals surface area (Å²) in [6.45, 7) is 2.24. The summed E-state index contributed by atoms with van der Waals surface area (Å²) in [5.74, 6) is 0.668. The molecule has 4 rings (SSSR count). The van der Waals surface area contributed by atoms with E-state index in [2.05, 4.69) is 35.8 Å². The van der Waals surface area contributed by atoms with Crippen molar-refractivity contribution in [2.75, 3.05) is 11.9 Å². The maximum atomic E-state index is 12.3. The fourth-order valence-electron chi connectivity index (χ4n) is 2.61. The predicted molar refractivity (Wildman–Crippen MR) is 101 cm³/mol. The van der Waals surface area contributed by atoms with Crippen molar-refractivity contribution in [2.45, 2.75) is 13.3 Å². The highest BCUT2D eigenvalue weighted by atomic mass is 16.5. The molecule has 1 amide bonds. The number of anilines is 2. The molecule has 0 saturated carbocycles. The van der Waals surface area contributed by atoms with E-state index in [-0.39, 0.29) is 5.89 Å². The Bertz CT molecular complexity index is 1120. The van der Waals surface area contributed by atoms with E-state index in [0.717, 1.165) is 17.1 Å². The lowest BCUT2D eigenvalue weighted by Gasteiger charge is -2.07. The van der Waals surface area contributed by atoms with Crippen LogP contribution in [0, 0.1) is 6.92 Å². The number of carbonyl (C=O) groups is 1. The van der Waals surface area contributed by atoms with Gasteiger partial charge < -0.3 is 19.6 Å². The molecule has 0 aromatic carbocycles. The summed E-state index contributed by atoms with van der Waals surface area (Å²) in [6.07, 6.45) is 6.77. The highest BCUT2D eigenvalue weighted by Crippen LogP contribution is 2.22. The molecule has 0 saturated heterocycles. The van der Waals surface area contributed by atoms with E-state index in [9.17, 15) is 4.79 Å². The van der Waals surface area contributed by atoms with Crippen LogP contribution in [0.3, 0.4) is 0 Å². The normalized spacial score (nSPS) is 10.8. The number of hydrogen-bond acceptors (Lipinski definition) is 9. The minimum Gasteiger partial charge on any atom is -0.440 e. The van der Waals surface area contributed by atoms with Gasteiger partial charge in [-0.1, -0.05) is 5.16 Å². The second kappa shape index (κ2) is 7.92. The third-order valence-electron chi connectivity index (χ3n) is 4.13. The molecule has 0 aliphatic rings. The molecule has 11 heteroatoms. The molecule has 0 radical (unpaired) electrons. The molecule has 0 bridgehead atoms. The van der Waals surface area contributed by atoms with Gasteiger partial charge in [0.1, 0.15) is 29.7 Å². The molecule has 0 atom stereocenters. The zero-order valence-electron chi connectivity index (χ0n) is 15.8. The molecule has 0 aliphatic heterocycles. The lowest BCUT2D eigenvalue weighted by molar-refractivity contribution is 0.0919. The van der Waals surface area contributed by atoms with Crippen LogP contribution in [0.1, 0.15) is 21.9 Å². The molecule has 0 spiro atoms. The van der Waals surface area contributed by atoms with Crippen LogP contribution in [-0.4, -0.2) is 42.3 Å². The number of aryl methyl sites for hydroxylation is 2. The molecule has 29 heavy (non-hydrogen) atoms. The molecule has 11 nitrogen and oxygen atoms in total. The lowest BCUT2D eigenvalue weighted by atomic mass is 10.2. The first-order valence-electron chi connectivity index (χ1n) is 8.82. The Morgan fingerprint density at radius 1 is 1.28 bits per heavy atom. The summed E-state index contributed by atoms with van der Waals surface area (Å²) in [4.78, 5) is 25.3. The van der Waals surface area contributed by atoms with Crippen molar-refractivity contribution in [3.05, 3.63) is 54.2 Å². The van der Waals surface area contributed by atoms with Crippen LogP contribution in [0.2, 0.25) is 0 Å². The topological polar surface area (TPSA) is 137 Å². The summed E-state index contributed by atoms with van der Waals surface area (Å²) in [5.41, 5.74) is 2.56. The number of nitrogens with one attached hydrogen (secondary N) is 2. The smallest absolute Gasteiger partial charge is 0.307 e. The summed E-state index contributed by atoms with van der Waals surface area (Å²) in [6, 6.07) is 3.55. The van der Waals surface area contributed by atoms with Gasteiger partial charge in [0, 0.05) is 38.3 Å². The number of aromatic nitrogens is 6. The highest BCUT2D eigenvalue weighted by molar-refractivity contribution is 5.90. The Morgan fingerprint density at radius 2 is 2.17 bits per heavy atom. The summed E-state index contributed by atoms with van der Waals surface area (Å²) >= 11 is 0. The Kier molecular flexibility index (Phi) is 5.01. The van der Waals surface area contributed by atoms with Gasteiger partial charge in [0.25, 0.3) is 5.89 Å². The predicted octanol–water partition coefficient (Wildman–Crippen LogP) is 1.88. The van der Waals surface area contributed by atoms with Gasteiger partial charge in [-0.2, -0.15) is 5.10 Å². The summed E-state index contributed by atoms with van der Waals surface area (Å²) in [7, 11) is 1.81. The number of carbonyl (C=O) groups excluding carboxylic acids is 1. The van der Waals surface area contributed by atoms with Crippen LogP contribution in [0.25, 0.3) is 11.4 Å². The first-order valence-corrected chi connectivity index (χ1v) is 8.82. The van der Waals surface area contributed by atoms with E-state index >= 15 is 0 Å². The number of amides is 1. The maximum Gasteiger partial charge on any atom is 0.307 e. The summed E-state index contributed by atoms with van der Waals surface area (Å²) < 4.78 is 11.8. The van der Waals surface area contributed by atoms with Gasteiger partial charge in [0.15, 0.2) is 0 Å². The van der Waals surface area contributed by atoms with Crippen LogP contribution in [-0.2, 0) is 13.5 Å². The number of oxazole rings is 1. The second-order valence-corrected chi connectivity index (χ2v) is 6.22. The van der Waals surface area contributed by atoms with Gasteiger partial charge in [-0.05, 0) is 12.5 Å². The third kappa shape index (κ3) is 4.13. The molecule has 2 N–H and O–H groups in total. The van der Waals surface area contributed by atoms with Gasteiger partial charge in [0.05, 0.1) is 11.9 Å². The number of rotatable bonds is 7. The largest absolute Gasteiger partial charge is 0.440 e. The highest BCUT2D eigenvalue weighted by Gasteiger charge is 2.17. The van der Waals surface area contributed by atoms with E-state index in [0.29, 0.717) is 30.3 Å². The Balaban J connectivity index is 1.46. The zero-order valence-corrected chi connectivity index (χ0v) is 15.8. The zero-order chi connectivity index (χ0) is 20.2. The van der Waals surface area contributed by atoms with E-state index < -0.39 is 5.91 Å². The standard InChI is InChI=1S/C18H18N8O3/c1-11-9-20-18(23-14-4-7-21-26(14)2)24-15(11)13-10-28-17(22-13)16(27)19-6-3-12-5-8-29-25-12/h4-5,7-10H,3,6H2,1-2H3,(H,19,27)(H,20,23,24). The van der Waals surface area contributed by atoms with Gasteiger partial charge in [-0.25, -0.2) is 15.0 Å². The Hall–Kier alpha value is -4.02. The lowest BCUT2D eigenvalue weighted by Crippen LogP contribution is -2.26. The Morgan fingerprint density at radius 3 is 2.93 bits per heavy atom. The fourth-order valence-corrected chi connectivity index (χ4v) is 2.61. The molecule has 4 aromatic heterocycles. The molecule has 148 valence electrons. The molecule has 0 unspecified atom stereocenters. The third-order valence-corrected chi connectivity index (χ3v) is 4.13. The average Bonchev–Trinajstić information content (AvgIpc) is 3.46. The van der Waals surface area contributed by atoms with Crippen LogP contribution in [0.15, 0.2) is 46.0 Å². The second-order valence-electron chi connectivity index (χ2n) is 6.22. The van der Waals surface area contributed by atoms with Crippen LogP contribution in [0.4, 0.5) is 11.8 Å². The van der Waals surface area contributed by atoms with Crippen molar-refractivity contribution >= 4 is 17.7 Å². The van der Waals surface area contributed by atoms with Crippen molar-refractivity contribution in [1.82, 2.24) is 35.2 Å². The van der Waals surface area contributed by atoms with Crippen LogP contribution < -0.4 is 10.6 Å². The van der Waals surface area contributed by atoms with E-state index in [1.807, 2.05) is 14.0 Å². The van der Waals surface area contributed by atoms with E-state index in [1.54, 1.807) is 29.2 Å². The van der Waals surface area contributed by atoms with Gasteiger partial charge in [-0.15, -0.1) is 0 Å². The quantitative estimate of drug-likeness (QED) is 0.481. The SMILES string of the molecule is Cc1cnc(Nc2ccnn2C)nc1-c1coc(C(=O)NCCc2ccon2)n1. The monoisotopic (exact) mass is 394 g/mol. The Labute approximate surface area is 165 Å². The summed E-state index contributed by atoms with van der Waals surface area (Å²) in [5, 5.41) is 13.7. The molecular formula is C18H18N8O3. The molecular weight excluding hydrogens is 376 g/mol. The maximum absolute atomic E-state index is 12.3. The van der Waals surface area contributed by atoms with Gasteiger partial charge >= 0.3 is 5.91 Å². The average molecular weight is 394 g/mol. The van der Waals surface area contributed by atoms with Crippen molar-refractivity contribution in [3.8, 4) is 11.4 Å². The minimum absolute atomic E-state index is 0.0423. The first kappa shape index (κ1) is 18.3. The first-order chi connectivity index (χ1) is 14.1. The van der Waals surface area contributed by atoms with Crippen molar-refractivity contribution < 1.29 is 13.7 Å². The van der Waals surface area contributed by atoms with Crippen LogP contribution >= 0.6 is 0 Å². The molecule has 4 heterocycles. The van der Waals surface area contributed by atoms with Gasteiger partial charge in [0.2, 0.25) is 5.95 Å². The fraction of sp³-hybridized carbons (Fsp3) is 0.222. The molecule has 0 aliphatic carbocycles. The molecule has 0 fully saturated rings. The number of hydrogen-bond donors (Lipinski definition) is 2. The number of nitrogens with zero attached hydrogens (tertiary/aromatic N) is 6.